The van der Waals surface area contributed by atoms with E-state index in [1.807, 2.05) is 14.1 Å². The van der Waals surface area contributed by atoms with Crippen LogP contribution in [0, 0.1) is 11.3 Å². The summed E-state index contributed by atoms with van der Waals surface area (Å²) in [4.78, 5) is 25.8. The van der Waals surface area contributed by atoms with Crippen LogP contribution in [0.15, 0.2) is 42.0 Å². The van der Waals surface area contributed by atoms with Gasteiger partial charge in [-0.05, 0) is 70.5 Å². The second-order valence-corrected chi connectivity index (χ2v) is 10.0. The Morgan fingerprint density at radius 3 is 2.38 bits per heavy atom. The number of aliphatic hydroxyl groups is 1. The number of likely N-dealkylation sites (N-methyl/N-ethyl adjacent to an activating group) is 1. The molecule has 0 aliphatic heterocycles. The molecule has 34 heavy (non-hydrogen) atoms. The maximum Gasteiger partial charge on any atom is 0.414 e. The van der Waals surface area contributed by atoms with Gasteiger partial charge in [0.15, 0.2) is 0 Å². The number of hydrogen-bond acceptors (Lipinski definition) is 6. The summed E-state index contributed by atoms with van der Waals surface area (Å²) in [6.45, 7) is 6.81. The third-order valence-electron chi connectivity index (χ3n) is 7.38. The zero-order valence-electron chi connectivity index (χ0n) is 20.8. The molecule has 2 saturated carbocycles. The van der Waals surface area contributed by atoms with E-state index in [2.05, 4.69) is 60.6 Å². The van der Waals surface area contributed by atoms with E-state index < -0.39 is 17.5 Å². The second kappa shape index (κ2) is 12.4. The van der Waals surface area contributed by atoms with Crippen molar-refractivity contribution in [1.29, 1.82) is 0 Å². The Bertz CT molecular complexity index is 831. The van der Waals surface area contributed by atoms with Gasteiger partial charge in [-0.25, -0.2) is 9.59 Å². The molecule has 0 aromatic heterocycles. The summed E-state index contributed by atoms with van der Waals surface area (Å²) in [6, 6.07) is 10.7. The average molecular weight is 477 g/mol. The molecule has 3 rings (SSSR count). The second-order valence-electron chi connectivity index (χ2n) is 10.0. The van der Waals surface area contributed by atoms with Crippen LogP contribution in [0.3, 0.4) is 0 Å². The van der Waals surface area contributed by atoms with Crippen LogP contribution in [0.2, 0.25) is 0 Å². The first kappa shape index (κ1) is 28.0. The Balaban J connectivity index is 0.000000604. The van der Waals surface area contributed by atoms with Gasteiger partial charge in [0, 0.05) is 18.5 Å². The monoisotopic (exact) mass is 476 g/mol. The minimum Gasteiger partial charge on any atom is -0.473 e. The van der Waals surface area contributed by atoms with Crippen LogP contribution in [0.4, 0.5) is 0 Å². The summed E-state index contributed by atoms with van der Waals surface area (Å²) in [5.74, 6) is -2.72. The number of carbonyl (C=O) groups is 2. The molecule has 2 aliphatic rings. The van der Waals surface area contributed by atoms with Gasteiger partial charge in [0.05, 0.1) is 12.2 Å². The number of hydroxylamine groups is 1. The Morgan fingerprint density at radius 1 is 1.15 bits per heavy atom. The Kier molecular flexibility index (Phi) is 10.2. The predicted octanol–water partition coefficient (Wildman–Crippen LogP) is 3.29. The van der Waals surface area contributed by atoms with Gasteiger partial charge in [-0.2, -0.15) is 5.48 Å². The number of allylic oxidation sites excluding steroid dienone is 1. The van der Waals surface area contributed by atoms with Crippen molar-refractivity contribution in [2.45, 2.75) is 57.5 Å². The number of nitrogens with one attached hydrogen (secondary N) is 1. The van der Waals surface area contributed by atoms with Crippen molar-refractivity contribution in [1.82, 2.24) is 10.4 Å². The number of benzene rings is 1. The highest BCUT2D eigenvalue weighted by molar-refractivity contribution is 6.27. The number of aliphatic carboxylic acids is 2. The van der Waals surface area contributed by atoms with Crippen LogP contribution in [0.1, 0.15) is 57.4 Å². The van der Waals surface area contributed by atoms with Gasteiger partial charge in [0.2, 0.25) is 0 Å². The number of fused-ring (bicyclic) bond motifs is 1. The van der Waals surface area contributed by atoms with E-state index in [1.165, 1.54) is 11.1 Å². The molecule has 0 unspecified atom stereocenters. The Hall–Kier alpha value is -2.26. The summed E-state index contributed by atoms with van der Waals surface area (Å²) >= 11 is 0. The van der Waals surface area contributed by atoms with Crippen molar-refractivity contribution in [3.05, 3.63) is 47.5 Å². The van der Waals surface area contributed by atoms with Crippen LogP contribution in [-0.4, -0.2) is 71.6 Å². The minimum atomic E-state index is -1.82. The first-order valence-corrected chi connectivity index (χ1v) is 11.9. The summed E-state index contributed by atoms with van der Waals surface area (Å²) in [6.07, 6.45) is 7.52. The van der Waals surface area contributed by atoms with Crippen molar-refractivity contribution in [3.63, 3.8) is 0 Å². The number of carboxylic acids is 2. The first-order valence-electron chi connectivity index (χ1n) is 11.9. The standard InChI is InChI=1S/C24H38N2O2.C2H2O4/c1-19(18-25-28-15-14-26(3)4)16-22-11-13-24(27)17-21(10-12-23(22,24)2)20-8-6-5-7-9-20;3-1(4)2(5)6/h5-9,16,21-22,25,27H,10-15,17-18H2,1-4H3;(H,3,4)(H,5,6)/b19-16+;/t21-,22+,23+,24-;/m0./s1. The molecule has 0 radical (unpaired) electrons. The normalized spacial score (nSPS) is 28.7. The number of nitrogens with zero attached hydrogens (tertiary/aromatic N) is 1. The first-order chi connectivity index (χ1) is 16.0. The Labute approximate surface area is 202 Å². The fraction of sp³-hybridized carbons (Fsp3) is 0.615. The van der Waals surface area contributed by atoms with E-state index in [-0.39, 0.29) is 5.41 Å². The van der Waals surface area contributed by atoms with E-state index in [0.717, 1.165) is 45.2 Å². The van der Waals surface area contributed by atoms with Gasteiger partial charge in [0.1, 0.15) is 0 Å². The lowest BCUT2D eigenvalue weighted by molar-refractivity contribution is -0.159. The highest BCUT2D eigenvalue weighted by Crippen LogP contribution is 2.61. The molecule has 2 fully saturated rings. The molecule has 0 amide bonds. The maximum atomic E-state index is 11.6. The van der Waals surface area contributed by atoms with Crippen LogP contribution in [-0.2, 0) is 14.4 Å². The van der Waals surface area contributed by atoms with Crippen LogP contribution < -0.4 is 5.48 Å². The van der Waals surface area contributed by atoms with E-state index in [0.29, 0.717) is 18.4 Å². The fourth-order valence-corrected chi connectivity index (χ4v) is 5.23. The molecule has 190 valence electrons. The Morgan fingerprint density at radius 2 is 1.79 bits per heavy atom. The van der Waals surface area contributed by atoms with Crippen molar-refractivity contribution in [2.24, 2.45) is 11.3 Å². The number of carboxylic acid groups (broad SMARTS) is 2. The summed E-state index contributed by atoms with van der Waals surface area (Å²) < 4.78 is 0. The fourth-order valence-electron chi connectivity index (χ4n) is 5.23. The van der Waals surface area contributed by atoms with Gasteiger partial charge >= 0.3 is 11.9 Å². The molecule has 4 N–H and O–H groups in total. The van der Waals surface area contributed by atoms with E-state index in [9.17, 15) is 5.11 Å². The highest BCUT2D eigenvalue weighted by atomic mass is 16.6. The maximum absolute atomic E-state index is 11.6. The lowest BCUT2D eigenvalue weighted by Crippen LogP contribution is -2.49. The van der Waals surface area contributed by atoms with Crippen LogP contribution >= 0.6 is 0 Å². The number of rotatable bonds is 8. The average Bonchev–Trinajstić information content (AvgIpc) is 3.04. The highest BCUT2D eigenvalue weighted by Gasteiger charge is 2.58. The molecule has 8 nitrogen and oxygen atoms in total. The molecule has 2 aliphatic carbocycles. The quantitative estimate of drug-likeness (QED) is 0.195. The summed E-state index contributed by atoms with van der Waals surface area (Å²) in [5.41, 5.74) is 5.18. The topological polar surface area (TPSA) is 119 Å². The van der Waals surface area contributed by atoms with Gasteiger partial charge in [-0.3, -0.25) is 0 Å². The van der Waals surface area contributed by atoms with Crippen molar-refractivity contribution in [3.8, 4) is 0 Å². The van der Waals surface area contributed by atoms with Crippen molar-refractivity contribution in [2.75, 3.05) is 33.8 Å². The van der Waals surface area contributed by atoms with Crippen LogP contribution in [0.5, 0.6) is 0 Å². The van der Waals surface area contributed by atoms with Gasteiger partial charge in [-0.15, -0.1) is 0 Å². The molecule has 4 atom stereocenters. The molecular weight excluding hydrogens is 436 g/mol. The molecule has 0 heterocycles. The van der Waals surface area contributed by atoms with E-state index in [1.54, 1.807) is 0 Å². The van der Waals surface area contributed by atoms with E-state index >= 15 is 0 Å². The summed E-state index contributed by atoms with van der Waals surface area (Å²) in [7, 11) is 4.09. The number of hydrogen-bond donors (Lipinski definition) is 4. The van der Waals surface area contributed by atoms with Crippen LogP contribution in [0.25, 0.3) is 0 Å². The third-order valence-corrected chi connectivity index (χ3v) is 7.38. The SMILES string of the molecule is C/C(=C\[C@H]1CC[C@]2(O)C[C@@H](c3ccccc3)CC[C@]12C)CNOCCN(C)C.O=C(O)C(=O)O. The lowest BCUT2D eigenvalue weighted by Gasteiger charge is -2.49. The summed E-state index contributed by atoms with van der Waals surface area (Å²) in [5, 5.41) is 26.4. The molecule has 0 bridgehead atoms. The third kappa shape index (κ3) is 7.37. The van der Waals surface area contributed by atoms with Gasteiger partial charge < -0.3 is 25.1 Å². The minimum absolute atomic E-state index is 0.0225. The lowest BCUT2D eigenvalue weighted by atomic mass is 9.59. The van der Waals surface area contributed by atoms with Gasteiger partial charge in [-0.1, -0.05) is 48.9 Å². The van der Waals surface area contributed by atoms with Gasteiger partial charge in [0.25, 0.3) is 0 Å². The molecular formula is C26H40N2O6. The zero-order chi connectivity index (χ0) is 25.4. The molecule has 8 heteroatoms. The largest absolute Gasteiger partial charge is 0.473 e. The predicted molar refractivity (Wildman–Crippen MR) is 130 cm³/mol. The smallest absolute Gasteiger partial charge is 0.414 e. The molecule has 1 aromatic carbocycles. The molecule has 0 spiro atoms. The molecule has 1 aromatic rings. The zero-order valence-corrected chi connectivity index (χ0v) is 20.8. The molecule has 0 saturated heterocycles. The van der Waals surface area contributed by atoms with Crippen molar-refractivity contribution < 1.29 is 29.7 Å². The van der Waals surface area contributed by atoms with E-state index in [4.69, 9.17) is 24.6 Å². The van der Waals surface area contributed by atoms with Crippen molar-refractivity contribution >= 4 is 11.9 Å².